The molecular weight excluding hydrogens is 218 g/mol. The minimum Gasteiger partial charge on any atom is -0.378 e. The van der Waals surface area contributed by atoms with E-state index < -0.39 is 0 Å². The lowest BCUT2D eigenvalue weighted by Crippen LogP contribution is -2.40. The van der Waals surface area contributed by atoms with Gasteiger partial charge >= 0.3 is 0 Å². The van der Waals surface area contributed by atoms with E-state index in [9.17, 15) is 0 Å². The zero-order chi connectivity index (χ0) is 11.8. The molecule has 1 saturated heterocycles. The van der Waals surface area contributed by atoms with E-state index in [0.29, 0.717) is 12.1 Å². The summed E-state index contributed by atoms with van der Waals surface area (Å²) in [4.78, 5) is 0. The minimum absolute atomic E-state index is 0.507. The molecule has 0 radical (unpaired) electrons. The van der Waals surface area contributed by atoms with Crippen molar-refractivity contribution >= 4 is 11.8 Å². The smallest absolute Gasteiger partial charge is 0.0589 e. The number of ether oxygens (including phenoxy) is 1. The van der Waals surface area contributed by atoms with Crippen molar-refractivity contribution in [2.45, 2.75) is 51.7 Å². The molecule has 0 saturated carbocycles. The maximum Gasteiger partial charge on any atom is 0.0589 e. The van der Waals surface area contributed by atoms with Crippen LogP contribution in [0.1, 0.15) is 39.5 Å². The molecule has 0 aromatic carbocycles. The second kappa shape index (κ2) is 8.37. The van der Waals surface area contributed by atoms with Crippen molar-refractivity contribution in [1.29, 1.82) is 0 Å². The van der Waals surface area contributed by atoms with Crippen LogP contribution in [0, 0.1) is 5.92 Å². The fourth-order valence-corrected chi connectivity index (χ4v) is 2.99. The van der Waals surface area contributed by atoms with Crippen LogP contribution in [0.25, 0.3) is 0 Å². The highest BCUT2D eigenvalue weighted by atomic mass is 32.2. The number of hydrogen-bond donors (Lipinski definition) is 1. The molecule has 1 fully saturated rings. The van der Waals surface area contributed by atoms with Gasteiger partial charge in [0, 0.05) is 12.6 Å². The number of nitrogens with one attached hydrogen (secondary N) is 1. The van der Waals surface area contributed by atoms with Gasteiger partial charge in [-0.15, -0.1) is 0 Å². The van der Waals surface area contributed by atoms with E-state index in [-0.39, 0.29) is 0 Å². The number of hydrogen-bond acceptors (Lipinski definition) is 3. The Morgan fingerprint density at radius 2 is 2.31 bits per heavy atom. The lowest BCUT2D eigenvalue weighted by atomic mass is 9.99. The van der Waals surface area contributed by atoms with Gasteiger partial charge in [0.1, 0.15) is 0 Å². The molecule has 1 N–H and O–H groups in total. The van der Waals surface area contributed by atoms with E-state index in [4.69, 9.17) is 4.74 Å². The van der Waals surface area contributed by atoms with Gasteiger partial charge in [-0.25, -0.2) is 0 Å². The minimum atomic E-state index is 0.507. The summed E-state index contributed by atoms with van der Waals surface area (Å²) < 4.78 is 5.76. The molecule has 1 aliphatic rings. The average Bonchev–Trinajstić information content (AvgIpc) is 2.28. The summed E-state index contributed by atoms with van der Waals surface area (Å²) in [5.41, 5.74) is 0. The second-order valence-electron chi connectivity index (χ2n) is 4.97. The van der Waals surface area contributed by atoms with Crippen molar-refractivity contribution in [3.63, 3.8) is 0 Å². The maximum atomic E-state index is 5.76. The Morgan fingerprint density at radius 1 is 1.50 bits per heavy atom. The van der Waals surface area contributed by atoms with E-state index in [1.165, 1.54) is 31.4 Å². The van der Waals surface area contributed by atoms with Crippen LogP contribution in [0.15, 0.2) is 0 Å². The molecule has 3 atom stereocenters. The van der Waals surface area contributed by atoms with Crippen LogP contribution in [0.3, 0.4) is 0 Å². The van der Waals surface area contributed by atoms with Gasteiger partial charge in [0.05, 0.1) is 6.10 Å². The normalized spacial score (nSPS) is 27.9. The van der Waals surface area contributed by atoms with Crippen molar-refractivity contribution in [1.82, 2.24) is 5.32 Å². The molecule has 0 aromatic rings. The molecule has 0 aliphatic carbocycles. The average molecular weight is 245 g/mol. The second-order valence-corrected chi connectivity index (χ2v) is 5.88. The molecule has 96 valence electrons. The number of rotatable bonds is 7. The first-order valence-corrected chi connectivity index (χ1v) is 7.99. The van der Waals surface area contributed by atoms with Crippen molar-refractivity contribution in [2.24, 2.45) is 5.92 Å². The molecular formula is C13H27NOS. The molecule has 0 bridgehead atoms. The van der Waals surface area contributed by atoms with Crippen LogP contribution in [-0.2, 0) is 4.74 Å². The molecule has 1 heterocycles. The van der Waals surface area contributed by atoms with Crippen LogP contribution >= 0.6 is 11.8 Å². The fourth-order valence-electron chi connectivity index (χ4n) is 2.30. The van der Waals surface area contributed by atoms with Crippen molar-refractivity contribution < 1.29 is 4.74 Å². The Bertz CT molecular complexity index is 175. The van der Waals surface area contributed by atoms with E-state index in [2.05, 4.69) is 25.4 Å². The quantitative estimate of drug-likeness (QED) is 0.745. The Balaban J connectivity index is 2.16. The Kier molecular flexibility index (Phi) is 7.50. The van der Waals surface area contributed by atoms with Crippen molar-refractivity contribution in [2.75, 3.05) is 25.2 Å². The lowest BCUT2D eigenvalue weighted by molar-refractivity contribution is -0.00348. The van der Waals surface area contributed by atoms with Gasteiger partial charge in [0.2, 0.25) is 0 Å². The molecule has 0 spiro atoms. The zero-order valence-electron chi connectivity index (χ0n) is 11.0. The molecule has 2 nitrogen and oxygen atoms in total. The molecule has 0 amide bonds. The maximum absolute atomic E-state index is 5.76. The van der Waals surface area contributed by atoms with Crippen LogP contribution < -0.4 is 5.32 Å². The van der Waals surface area contributed by atoms with Gasteiger partial charge in [-0.05, 0) is 43.7 Å². The van der Waals surface area contributed by atoms with E-state index >= 15 is 0 Å². The molecule has 3 heteroatoms. The van der Waals surface area contributed by atoms with Crippen LogP contribution in [-0.4, -0.2) is 37.3 Å². The summed E-state index contributed by atoms with van der Waals surface area (Å²) in [6.07, 6.45) is 7.54. The first-order valence-electron chi connectivity index (χ1n) is 6.60. The highest BCUT2D eigenvalue weighted by Gasteiger charge is 2.21. The Hall–Kier alpha value is 0.270. The van der Waals surface area contributed by atoms with Crippen molar-refractivity contribution in [3.05, 3.63) is 0 Å². The largest absolute Gasteiger partial charge is 0.378 e. The Morgan fingerprint density at radius 3 is 3.00 bits per heavy atom. The molecule has 16 heavy (non-hydrogen) atoms. The first kappa shape index (κ1) is 14.3. The molecule has 0 aromatic heterocycles. The molecule has 1 aliphatic heterocycles. The first-order chi connectivity index (χ1) is 7.76. The summed E-state index contributed by atoms with van der Waals surface area (Å²) in [5.74, 6) is 2.04. The fraction of sp³-hybridized carbons (Fsp3) is 1.00. The molecule has 1 rings (SSSR count). The molecule has 3 unspecified atom stereocenters. The third-order valence-corrected chi connectivity index (χ3v) is 4.09. The van der Waals surface area contributed by atoms with E-state index in [1.807, 2.05) is 11.8 Å². The summed E-state index contributed by atoms with van der Waals surface area (Å²) in [6.45, 7) is 6.66. The third kappa shape index (κ3) is 5.55. The summed E-state index contributed by atoms with van der Waals surface area (Å²) in [7, 11) is 0. The van der Waals surface area contributed by atoms with Gasteiger partial charge in [0.25, 0.3) is 0 Å². The van der Waals surface area contributed by atoms with E-state index in [1.54, 1.807) is 0 Å². The summed E-state index contributed by atoms with van der Waals surface area (Å²) in [5, 5.41) is 3.70. The highest BCUT2D eigenvalue weighted by Crippen LogP contribution is 2.18. The standard InChI is InChI=1S/C13H27NOS/c1-4-5-13-8-12(6-7-15-13)14-9-11(2)10-16-3/h11-14H,4-10H2,1-3H3. The van der Waals surface area contributed by atoms with Gasteiger partial charge in [0.15, 0.2) is 0 Å². The summed E-state index contributed by atoms with van der Waals surface area (Å²) >= 11 is 1.94. The van der Waals surface area contributed by atoms with Crippen LogP contribution in [0.2, 0.25) is 0 Å². The monoisotopic (exact) mass is 245 g/mol. The predicted molar refractivity (Wildman–Crippen MR) is 73.2 cm³/mol. The zero-order valence-corrected chi connectivity index (χ0v) is 11.8. The SMILES string of the molecule is CCCC1CC(NCC(C)CSC)CCO1. The topological polar surface area (TPSA) is 21.3 Å². The summed E-state index contributed by atoms with van der Waals surface area (Å²) in [6, 6.07) is 0.689. The van der Waals surface area contributed by atoms with Gasteiger partial charge in [-0.1, -0.05) is 20.3 Å². The number of thioether (sulfide) groups is 1. The lowest BCUT2D eigenvalue weighted by Gasteiger charge is -2.31. The van der Waals surface area contributed by atoms with Crippen LogP contribution in [0.5, 0.6) is 0 Å². The van der Waals surface area contributed by atoms with Crippen molar-refractivity contribution in [3.8, 4) is 0 Å². The van der Waals surface area contributed by atoms with Crippen LogP contribution in [0.4, 0.5) is 0 Å². The highest BCUT2D eigenvalue weighted by molar-refractivity contribution is 7.98. The predicted octanol–water partition coefficient (Wildman–Crippen LogP) is 2.92. The van der Waals surface area contributed by atoms with Gasteiger partial charge in [-0.3, -0.25) is 0 Å². The van der Waals surface area contributed by atoms with Gasteiger partial charge < -0.3 is 10.1 Å². The Labute approximate surface area is 105 Å². The third-order valence-electron chi connectivity index (χ3n) is 3.18. The van der Waals surface area contributed by atoms with Gasteiger partial charge in [-0.2, -0.15) is 11.8 Å². The van der Waals surface area contributed by atoms with E-state index in [0.717, 1.165) is 19.1 Å².